The molecule has 2 N–H and O–H groups in total. The lowest BCUT2D eigenvalue weighted by atomic mass is 10.1. The van der Waals surface area contributed by atoms with Gasteiger partial charge >= 0.3 is 5.97 Å². The third-order valence-electron chi connectivity index (χ3n) is 4.32. The van der Waals surface area contributed by atoms with E-state index in [-0.39, 0.29) is 5.91 Å². The number of aromatic amines is 1. The maximum Gasteiger partial charge on any atom is 0.326 e. The van der Waals surface area contributed by atoms with Crippen LogP contribution in [0.15, 0.2) is 24.3 Å². The molecule has 0 radical (unpaired) electrons. The molecule has 1 saturated heterocycles. The first-order valence-electron chi connectivity index (χ1n) is 8.00. The van der Waals surface area contributed by atoms with Crippen molar-refractivity contribution >= 4 is 34.7 Å². The smallest absolute Gasteiger partial charge is 0.326 e. The number of hydrogen-bond acceptors (Lipinski definition) is 4. The highest BCUT2D eigenvalue weighted by Gasteiger charge is 2.41. The van der Waals surface area contributed by atoms with Gasteiger partial charge in [-0.15, -0.1) is 11.8 Å². The number of fused-ring (bicyclic) bond motifs is 1. The number of thioether (sulfide) groups is 1. The number of hydrogen-bond donors (Lipinski definition) is 2. The first kappa shape index (κ1) is 16.8. The minimum absolute atomic E-state index is 0.117. The molecule has 6 nitrogen and oxygen atoms in total. The first-order chi connectivity index (χ1) is 11.4. The highest BCUT2D eigenvalue weighted by atomic mass is 32.2. The van der Waals surface area contributed by atoms with E-state index in [2.05, 4.69) is 9.97 Å². The quantitative estimate of drug-likeness (QED) is 0.868. The fourth-order valence-corrected chi connectivity index (χ4v) is 3.87. The number of H-pyrrole nitrogens is 1. The highest BCUT2D eigenvalue weighted by Crippen LogP contribution is 2.32. The van der Waals surface area contributed by atoms with Gasteiger partial charge in [-0.25, -0.2) is 9.78 Å². The van der Waals surface area contributed by atoms with Crippen molar-refractivity contribution in [3.63, 3.8) is 0 Å². The Hall–Kier alpha value is -2.02. The van der Waals surface area contributed by atoms with Gasteiger partial charge in [0.1, 0.15) is 11.9 Å². The van der Waals surface area contributed by atoms with Crippen molar-refractivity contribution in [2.75, 3.05) is 6.54 Å². The Kier molecular flexibility index (Phi) is 4.54. The summed E-state index contributed by atoms with van der Waals surface area (Å²) in [6.07, 6.45) is 1.28. The predicted molar refractivity (Wildman–Crippen MR) is 93.8 cm³/mol. The second-order valence-electron chi connectivity index (χ2n) is 6.49. The van der Waals surface area contributed by atoms with Gasteiger partial charge in [-0.05, 0) is 38.8 Å². The number of likely N-dealkylation sites (tertiary alicyclic amines) is 1. The molecule has 3 rings (SSSR count). The summed E-state index contributed by atoms with van der Waals surface area (Å²) in [6, 6.07) is 7.10. The van der Waals surface area contributed by atoms with Crippen LogP contribution in [0.4, 0.5) is 0 Å². The average molecular weight is 347 g/mol. The molecule has 1 amide bonds. The molecule has 0 saturated carbocycles. The van der Waals surface area contributed by atoms with E-state index in [9.17, 15) is 14.7 Å². The number of para-hydroxylation sites is 2. The van der Waals surface area contributed by atoms with Crippen molar-refractivity contribution in [2.24, 2.45) is 0 Å². The van der Waals surface area contributed by atoms with Crippen molar-refractivity contribution in [1.29, 1.82) is 0 Å². The van der Waals surface area contributed by atoms with E-state index in [0.717, 1.165) is 23.3 Å². The van der Waals surface area contributed by atoms with Gasteiger partial charge in [0.15, 0.2) is 0 Å². The van der Waals surface area contributed by atoms with E-state index in [1.165, 1.54) is 16.7 Å². The number of nitrogens with zero attached hydrogens (tertiary/aromatic N) is 2. The summed E-state index contributed by atoms with van der Waals surface area (Å²) in [4.78, 5) is 33.4. The van der Waals surface area contributed by atoms with Crippen LogP contribution in [0.3, 0.4) is 0 Å². The first-order valence-corrected chi connectivity index (χ1v) is 8.98. The number of amides is 1. The molecule has 0 spiro atoms. The number of carbonyl (C=O) groups is 2. The fraction of sp³-hybridized carbons (Fsp3) is 0.471. The zero-order valence-electron chi connectivity index (χ0n) is 13.8. The summed E-state index contributed by atoms with van der Waals surface area (Å²) in [6.45, 7) is 4.21. The van der Waals surface area contributed by atoms with Crippen LogP contribution < -0.4 is 0 Å². The molecular formula is C17H21N3O3S. The zero-order valence-corrected chi connectivity index (χ0v) is 14.6. The Morgan fingerprint density at radius 3 is 2.88 bits per heavy atom. The Morgan fingerprint density at radius 1 is 1.42 bits per heavy atom. The van der Waals surface area contributed by atoms with Crippen LogP contribution in [0, 0.1) is 0 Å². The van der Waals surface area contributed by atoms with Gasteiger partial charge in [-0.3, -0.25) is 4.79 Å². The highest BCUT2D eigenvalue weighted by molar-refractivity contribution is 8.00. The lowest BCUT2D eigenvalue weighted by Gasteiger charge is -2.31. The van der Waals surface area contributed by atoms with Crippen molar-refractivity contribution < 1.29 is 14.7 Å². The van der Waals surface area contributed by atoms with Gasteiger partial charge in [0.05, 0.1) is 21.5 Å². The number of benzene rings is 1. The van der Waals surface area contributed by atoms with Crippen LogP contribution >= 0.6 is 11.8 Å². The molecule has 128 valence electrons. The van der Waals surface area contributed by atoms with E-state index in [1.807, 2.05) is 38.1 Å². The monoisotopic (exact) mass is 347 g/mol. The van der Waals surface area contributed by atoms with Crippen molar-refractivity contribution in [3.05, 3.63) is 30.1 Å². The van der Waals surface area contributed by atoms with Crippen LogP contribution in [-0.4, -0.2) is 49.2 Å². The molecule has 1 fully saturated rings. The summed E-state index contributed by atoms with van der Waals surface area (Å²) < 4.78 is -0.697. The average Bonchev–Trinajstić information content (AvgIpc) is 3.18. The third-order valence-corrected chi connectivity index (χ3v) is 5.64. The molecule has 1 aliphatic heterocycles. The number of carbonyl (C=O) groups excluding carboxylic acids is 1. The van der Waals surface area contributed by atoms with Gasteiger partial charge in [0.25, 0.3) is 0 Å². The maximum absolute atomic E-state index is 12.8. The van der Waals surface area contributed by atoms with E-state index < -0.39 is 16.8 Å². The van der Waals surface area contributed by atoms with Crippen LogP contribution in [0.1, 0.15) is 32.5 Å². The van der Waals surface area contributed by atoms with Crippen LogP contribution in [0.2, 0.25) is 0 Å². The second kappa shape index (κ2) is 6.47. The van der Waals surface area contributed by atoms with Gasteiger partial charge in [-0.1, -0.05) is 12.1 Å². The number of carboxylic acid groups (broad SMARTS) is 1. The normalized spacial score (nSPS) is 18.2. The topological polar surface area (TPSA) is 86.3 Å². The van der Waals surface area contributed by atoms with Crippen molar-refractivity contribution in [2.45, 2.75) is 43.2 Å². The summed E-state index contributed by atoms with van der Waals surface area (Å²) in [5.41, 5.74) is 1.88. The molecule has 0 unspecified atom stereocenters. The maximum atomic E-state index is 12.8. The molecular weight excluding hydrogens is 326 g/mol. The summed E-state index contributed by atoms with van der Waals surface area (Å²) in [7, 11) is 0. The summed E-state index contributed by atoms with van der Waals surface area (Å²) in [5.74, 6) is 0.352. The molecule has 0 aliphatic carbocycles. The molecule has 7 heteroatoms. The minimum atomic E-state index is -0.918. The number of nitrogens with one attached hydrogen (secondary N) is 1. The minimum Gasteiger partial charge on any atom is -0.480 e. The number of carboxylic acids is 1. The summed E-state index contributed by atoms with van der Waals surface area (Å²) >= 11 is 1.48. The summed E-state index contributed by atoms with van der Waals surface area (Å²) in [5, 5.41) is 9.27. The van der Waals surface area contributed by atoms with E-state index in [1.54, 1.807) is 0 Å². The fourth-order valence-electron chi connectivity index (χ4n) is 3.00. The number of imidazole rings is 1. The Balaban J connectivity index is 1.68. The molecule has 1 aromatic heterocycles. The largest absolute Gasteiger partial charge is 0.480 e. The van der Waals surface area contributed by atoms with Crippen molar-refractivity contribution in [1.82, 2.24) is 14.9 Å². The van der Waals surface area contributed by atoms with Gasteiger partial charge in [-0.2, -0.15) is 0 Å². The van der Waals surface area contributed by atoms with Gasteiger partial charge in [0, 0.05) is 6.54 Å². The Labute approximate surface area is 144 Å². The number of rotatable bonds is 5. The third kappa shape index (κ3) is 3.26. The second-order valence-corrected chi connectivity index (χ2v) is 8.09. The molecule has 1 aromatic carbocycles. The Bertz CT molecular complexity index is 738. The molecule has 1 atom stereocenters. The zero-order chi connectivity index (χ0) is 17.3. The molecule has 1 aliphatic rings. The van der Waals surface area contributed by atoms with E-state index in [4.69, 9.17) is 0 Å². The molecule has 2 aromatic rings. The molecule has 24 heavy (non-hydrogen) atoms. The van der Waals surface area contributed by atoms with Crippen LogP contribution in [-0.2, 0) is 15.3 Å². The van der Waals surface area contributed by atoms with Crippen molar-refractivity contribution in [3.8, 4) is 0 Å². The lowest BCUT2D eigenvalue weighted by molar-refractivity contribution is -0.148. The van der Waals surface area contributed by atoms with Crippen LogP contribution in [0.5, 0.6) is 0 Å². The molecule has 0 bridgehead atoms. The number of aromatic nitrogens is 2. The Morgan fingerprint density at radius 2 is 2.17 bits per heavy atom. The lowest BCUT2D eigenvalue weighted by Crippen LogP contribution is -2.48. The van der Waals surface area contributed by atoms with Crippen LogP contribution in [0.25, 0.3) is 11.0 Å². The van der Waals surface area contributed by atoms with E-state index >= 15 is 0 Å². The van der Waals surface area contributed by atoms with E-state index in [0.29, 0.717) is 18.7 Å². The van der Waals surface area contributed by atoms with Gasteiger partial charge < -0.3 is 15.0 Å². The standard InChI is InChI=1S/C17H21N3O3S/c1-17(2,16(23)20-9-5-8-13(20)15(21)22)24-10-14-18-11-6-3-4-7-12(11)19-14/h3-4,6-7,13H,5,8-10H2,1-2H3,(H,18,19)(H,21,22)/t13-/m0/s1. The van der Waals surface area contributed by atoms with Gasteiger partial charge in [0.2, 0.25) is 5.91 Å². The molecule has 2 heterocycles. The predicted octanol–water partition coefficient (Wildman–Crippen LogP) is 2.65. The SMILES string of the molecule is CC(C)(SCc1nc2ccccc2[nH]1)C(=O)N1CCC[C@H]1C(=O)O. The number of aliphatic carboxylic acids is 1.